The van der Waals surface area contributed by atoms with Crippen LogP contribution >= 0.6 is 11.6 Å². The van der Waals surface area contributed by atoms with Crippen LogP contribution in [-0.4, -0.2) is 64.5 Å². The number of nitrogens with zero attached hydrogens (tertiary/aromatic N) is 2. The highest BCUT2D eigenvalue weighted by Crippen LogP contribution is 2.38. The van der Waals surface area contributed by atoms with Gasteiger partial charge in [-0.15, -0.1) is 0 Å². The van der Waals surface area contributed by atoms with Gasteiger partial charge in [0.2, 0.25) is 0 Å². The molecule has 0 aromatic heterocycles. The summed E-state index contributed by atoms with van der Waals surface area (Å²) in [7, 11) is 3.58. The zero-order valence-corrected chi connectivity index (χ0v) is 15.6. The fourth-order valence-electron chi connectivity index (χ4n) is 3.36. The lowest BCUT2D eigenvalue weighted by Gasteiger charge is -2.22. The zero-order valence-electron chi connectivity index (χ0n) is 14.9. The van der Waals surface area contributed by atoms with E-state index in [0.717, 1.165) is 56.4 Å². The van der Waals surface area contributed by atoms with E-state index in [1.165, 1.54) is 0 Å². The van der Waals surface area contributed by atoms with Crippen LogP contribution in [0.5, 0.6) is 11.5 Å². The van der Waals surface area contributed by atoms with Crippen LogP contribution in [0.4, 0.5) is 0 Å². The molecule has 0 spiro atoms. The summed E-state index contributed by atoms with van der Waals surface area (Å²) in [6.07, 6.45) is 1.98. The molecule has 1 aromatic carbocycles. The topological polar surface area (TPSA) is 55.3 Å². The third-order valence-corrected chi connectivity index (χ3v) is 4.83. The van der Waals surface area contributed by atoms with E-state index in [1.54, 1.807) is 7.11 Å². The molecule has 7 heteroatoms. The average molecular weight is 368 g/mol. The molecular formula is C18H26ClN3O3. The monoisotopic (exact) mass is 367 g/mol. The fourth-order valence-corrected chi connectivity index (χ4v) is 3.64. The standard InChI is InChI=1S/C18H26ClN3O3/c1-20-18(22-6-4-14(11-22)12-23-2)21-5-3-13-9-15(19)17-16(10-13)24-7-8-25-17/h9-10,14H,3-8,11-12H2,1-2H3,(H,20,21). The second-order valence-electron chi connectivity index (χ2n) is 6.38. The number of aliphatic imine (C=N–C) groups is 1. The fraction of sp³-hybridized carbons (Fsp3) is 0.611. The van der Waals surface area contributed by atoms with Crippen molar-refractivity contribution in [3.63, 3.8) is 0 Å². The van der Waals surface area contributed by atoms with Crippen molar-refractivity contribution in [1.82, 2.24) is 10.2 Å². The molecule has 1 aromatic rings. The smallest absolute Gasteiger partial charge is 0.193 e. The van der Waals surface area contributed by atoms with Crippen molar-refractivity contribution in [2.45, 2.75) is 12.8 Å². The van der Waals surface area contributed by atoms with Gasteiger partial charge >= 0.3 is 0 Å². The van der Waals surface area contributed by atoms with Crippen molar-refractivity contribution in [2.75, 3.05) is 53.6 Å². The molecule has 3 rings (SSSR count). The summed E-state index contributed by atoms with van der Waals surface area (Å²) in [6, 6.07) is 3.96. The normalized spacial score (nSPS) is 20.0. The largest absolute Gasteiger partial charge is 0.486 e. The minimum atomic E-state index is 0.545. The second-order valence-corrected chi connectivity index (χ2v) is 6.79. The SMILES string of the molecule is CN=C(NCCc1cc(Cl)c2c(c1)OCCO2)N1CCC(COC)C1. The van der Waals surface area contributed by atoms with Gasteiger partial charge in [-0.05, 0) is 30.5 Å². The van der Waals surface area contributed by atoms with Crippen LogP contribution in [-0.2, 0) is 11.2 Å². The molecule has 1 unspecified atom stereocenters. The maximum atomic E-state index is 6.30. The van der Waals surface area contributed by atoms with E-state index < -0.39 is 0 Å². The number of halogens is 1. The molecule has 0 saturated carbocycles. The molecule has 0 aliphatic carbocycles. The first-order chi connectivity index (χ1) is 12.2. The summed E-state index contributed by atoms with van der Waals surface area (Å²) in [4.78, 5) is 6.70. The summed E-state index contributed by atoms with van der Waals surface area (Å²) in [5, 5.41) is 4.05. The third-order valence-electron chi connectivity index (χ3n) is 4.55. The molecule has 1 N–H and O–H groups in total. The van der Waals surface area contributed by atoms with Crippen molar-refractivity contribution in [1.29, 1.82) is 0 Å². The van der Waals surface area contributed by atoms with E-state index in [1.807, 2.05) is 19.2 Å². The average Bonchev–Trinajstić information content (AvgIpc) is 3.07. The number of hydrogen-bond donors (Lipinski definition) is 1. The Labute approximate surface area is 154 Å². The summed E-state index contributed by atoms with van der Waals surface area (Å²) >= 11 is 6.30. The number of benzene rings is 1. The van der Waals surface area contributed by atoms with Gasteiger partial charge in [0.1, 0.15) is 13.2 Å². The highest BCUT2D eigenvalue weighted by molar-refractivity contribution is 6.32. The van der Waals surface area contributed by atoms with Gasteiger partial charge in [-0.1, -0.05) is 11.6 Å². The highest BCUT2D eigenvalue weighted by Gasteiger charge is 2.24. The lowest BCUT2D eigenvalue weighted by atomic mass is 10.1. The molecule has 2 aliphatic heterocycles. The van der Waals surface area contributed by atoms with Crippen LogP contribution in [0.1, 0.15) is 12.0 Å². The van der Waals surface area contributed by atoms with Crippen LogP contribution in [0.15, 0.2) is 17.1 Å². The van der Waals surface area contributed by atoms with Crippen LogP contribution in [0.3, 0.4) is 0 Å². The number of fused-ring (bicyclic) bond motifs is 1. The van der Waals surface area contributed by atoms with Gasteiger partial charge in [-0.25, -0.2) is 0 Å². The summed E-state index contributed by atoms with van der Waals surface area (Å²) in [6.45, 7) is 4.71. The maximum Gasteiger partial charge on any atom is 0.193 e. The number of ether oxygens (including phenoxy) is 3. The van der Waals surface area contributed by atoms with Crippen molar-refractivity contribution in [2.24, 2.45) is 10.9 Å². The molecule has 1 saturated heterocycles. The second kappa shape index (κ2) is 8.63. The number of rotatable bonds is 5. The van der Waals surface area contributed by atoms with Crippen molar-refractivity contribution in [3.05, 3.63) is 22.7 Å². The first-order valence-electron chi connectivity index (χ1n) is 8.73. The number of nitrogens with one attached hydrogen (secondary N) is 1. The number of likely N-dealkylation sites (tertiary alicyclic amines) is 1. The third kappa shape index (κ3) is 4.50. The summed E-state index contributed by atoms with van der Waals surface area (Å²) in [5.41, 5.74) is 1.12. The first-order valence-corrected chi connectivity index (χ1v) is 9.11. The quantitative estimate of drug-likeness (QED) is 0.638. The molecule has 25 heavy (non-hydrogen) atoms. The van der Waals surface area contributed by atoms with Gasteiger partial charge in [0.25, 0.3) is 0 Å². The van der Waals surface area contributed by atoms with Gasteiger partial charge in [-0.2, -0.15) is 0 Å². The van der Waals surface area contributed by atoms with E-state index in [2.05, 4.69) is 15.2 Å². The Hall–Kier alpha value is -1.66. The van der Waals surface area contributed by atoms with E-state index in [9.17, 15) is 0 Å². The van der Waals surface area contributed by atoms with Gasteiger partial charge in [0, 0.05) is 39.7 Å². The summed E-state index contributed by atoms with van der Waals surface area (Å²) < 4.78 is 16.5. The molecule has 2 aliphatic rings. The lowest BCUT2D eigenvalue weighted by molar-refractivity contribution is 0.157. The van der Waals surface area contributed by atoms with Gasteiger partial charge in [0.05, 0.1) is 11.6 Å². The van der Waals surface area contributed by atoms with Crippen LogP contribution in [0.2, 0.25) is 5.02 Å². The number of methoxy groups -OCH3 is 1. The van der Waals surface area contributed by atoms with Crippen molar-refractivity contribution >= 4 is 17.6 Å². The minimum Gasteiger partial charge on any atom is -0.486 e. The molecule has 0 radical (unpaired) electrons. The maximum absolute atomic E-state index is 6.30. The lowest BCUT2D eigenvalue weighted by Crippen LogP contribution is -2.41. The number of hydrogen-bond acceptors (Lipinski definition) is 4. The predicted octanol–water partition coefficient (Wildman–Crippen LogP) is 2.20. The van der Waals surface area contributed by atoms with Crippen LogP contribution < -0.4 is 14.8 Å². The zero-order chi connectivity index (χ0) is 17.6. The predicted molar refractivity (Wildman–Crippen MR) is 99.1 cm³/mol. The molecular weight excluding hydrogens is 342 g/mol. The molecule has 0 bridgehead atoms. The molecule has 0 amide bonds. The van der Waals surface area contributed by atoms with Gasteiger partial charge in [0.15, 0.2) is 17.5 Å². The van der Waals surface area contributed by atoms with E-state index in [0.29, 0.717) is 29.9 Å². The Balaban J connectivity index is 1.53. The highest BCUT2D eigenvalue weighted by atomic mass is 35.5. The minimum absolute atomic E-state index is 0.545. The van der Waals surface area contributed by atoms with E-state index in [4.69, 9.17) is 25.8 Å². The summed E-state index contributed by atoms with van der Waals surface area (Å²) in [5.74, 6) is 2.92. The Bertz CT molecular complexity index is 624. The Morgan fingerprint density at radius 2 is 2.24 bits per heavy atom. The van der Waals surface area contributed by atoms with Crippen molar-refractivity contribution < 1.29 is 14.2 Å². The Morgan fingerprint density at radius 3 is 3.04 bits per heavy atom. The Morgan fingerprint density at radius 1 is 1.40 bits per heavy atom. The van der Waals surface area contributed by atoms with E-state index in [-0.39, 0.29) is 0 Å². The van der Waals surface area contributed by atoms with Crippen molar-refractivity contribution in [3.8, 4) is 11.5 Å². The van der Waals surface area contributed by atoms with Crippen LogP contribution in [0.25, 0.3) is 0 Å². The Kier molecular flexibility index (Phi) is 6.26. The number of guanidine groups is 1. The van der Waals surface area contributed by atoms with Gasteiger partial charge < -0.3 is 24.4 Å². The molecule has 2 heterocycles. The molecule has 1 fully saturated rings. The molecule has 1 atom stereocenters. The van der Waals surface area contributed by atoms with Crippen LogP contribution in [0, 0.1) is 5.92 Å². The van der Waals surface area contributed by atoms with E-state index >= 15 is 0 Å². The first kappa shape index (κ1) is 18.1. The molecule has 6 nitrogen and oxygen atoms in total. The van der Waals surface area contributed by atoms with Gasteiger partial charge in [-0.3, -0.25) is 4.99 Å². The molecule has 138 valence electrons.